The molecule has 144 valence electrons. The van der Waals surface area contributed by atoms with Crippen molar-refractivity contribution in [1.82, 2.24) is 10.3 Å². The molecule has 0 aliphatic carbocycles. The summed E-state index contributed by atoms with van der Waals surface area (Å²) in [6.07, 6.45) is 0. The molecular formula is C20H19N3O5. The smallest absolute Gasteiger partial charge is 0.340 e. The summed E-state index contributed by atoms with van der Waals surface area (Å²) in [6.45, 7) is 0.388. The van der Waals surface area contributed by atoms with E-state index in [9.17, 15) is 19.6 Å². The predicted octanol–water partition coefficient (Wildman–Crippen LogP) is 3.75. The largest absolute Gasteiger partial charge is 0.508 e. The van der Waals surface area contributed by atoms with Gasteiger partial charge in [0.05, 0.1) is 10.8 Å². The van der Waals surface area contributed by atoms with E-state index in [1.165, 1.54) is 19.2 Å². The monoisotopic (exact) mass is 381 g/mol. The highest BCUT2D eigenvalue weighted by molar-refractivity contribution is 5.94. The van der Waals surface area contributed by atoms with E-state index in [-0.39, 0.29) is 11.3 Å². The van der Waals surface area contributed by atoms with Crippen LogP contribution in [0.5, 0.6) is 5.75 Å². The third kappa shape index (κ3) is 5.80. The topological polar surface area (TPSA) is 119 Å². The number of carboxylic acid groups (broad SMARTS) is 1. The van der Waals surface area contributed by atoms with Crippen LogP contribution in [0.25, 0.3) is 10.8 Å². The summed E-state index contributed by atoms with van der Waals surface area (Å²) in [7, 11) is 1.30. The van der Waals surface area contributed by atoms with E-state index in [2.05, 4.69) is 10.6 Å². The van der Waals surface area contributed by atoms with E-state index in [0.717, 1.165) is 16.3 Å². The Morgan fingerprint density at radius 1 is 1.00 bits per heavy atom. The minimum Gasteiger partial charge on any atom is -0.508 e. The number of fused-ring (bicyclic) bond motifs is 1. The summed E-state index contributed by atoms with van der Waals surface area (Å²) in [5.41, 5.74) is 1.23. The Bertz CT molecular complexity index is 976. The van der Waals surface area contributed by atoms with Gasteiger partial charge in [-0.2, -0.15) is 5.01 Å². The number of urea groups is 1. The van der Waals surface area contributed by atoms with Gasteiger partial charge in [-0.25, -0.2) is 9.59 Å². The van der Waals surface area contributed by atoms with E-state index in [0.29, 0.717) is 11.6 Å². The second-order valence-electron chi connectivity index (χ2n) is 5.80. The van der Waals surface area contributed by atoms with Crippen LogP contribution < -0.4 is 5.32 Å². The van der Waals surface area contributed by atoms with Gasteiger partial charge in [0.2, 0.25) is 0 Å². The van der Waals surface area contributed by atoms with Crippen LogP contribution in [0.4, 0.5) is 4.79 Å². The van der Waals surface area contributed by atoms with Crippen molar-refractivity contribution in [2.24, 2.45) is 5.29 Å². The van der Waals surface area contributed by atoms with Crippen molar-refractivity contribution < 1.29 is 19.8 Å². The maximum absolute atomic E-state index is 11.1. The molecule has 28 heavy (non-hydrogen) atoms. The Morgan fingerprint density at radius 3 is 2.29 bits per heavy atom. The zero-order valence-electron chi connectivity index (χ0n) is 15.1. The summed E-state index contributed by atoms with van der Waals surface area (Å²) in [5.74, 6) is -0.763. The van der Waals surface area contributed by atoms with Gasteiger partial charge in [0.25, 0.3) is 0 Å². The molecule has 2 amide bonds. The SMILES string of the molecule is CN(N=O)C(=O)NCc1ccccc1.O=C(O)c1ccc2cc(O)ccc2c1. The van der Waals surface area contributed by atoms with Crippen molar-refractivity contribution in [1.29, 1.82) is 0 Å². The van der Waals surface area contributed by atoms with Crippen molar-refractivity contribution in [2.45, 2.75) is 6.54 Å². The second kappa shape index (κ2) is 9.67. The quantitative estimate of drug-likeness (QED) is 0.470. The lowest BCUT2D eigenvalue weighted by atomic mass is 10.1. The molecule has 0 radical (unpaired) electrons. The molecule has 0 spiro atoms. The minimum absolute atomic E-state index is 0.181. The summed E-state index contributed by atoms with van der Waals surface area (Å²) >= 11 is 0. The summed E-state index contributed by atoms with van der Waals surface area (Å²) in [6, 6.07) is 18.5. The minimum atomic E-state index is -0.944. The van der Waals surface area contributed by atoms with Crippen molar-refractivity contribution in [3.05, 3.63) is 82.8 Å². The van der Waals surface area contributed by atoms with Gasteiger partial charge >= 0.3 is 12.0 Å². The molecule has 0 atom stereocenters. The molecule has 8 nitrogen and oxygen atoms in total. The number of carbonyl (C=O) groups is 2. The van der Waals surface area contributed by atoms with Crippen LogP contribution in [0.3, 0.4) is 0 Å². The molecule has 0 aliphatic heterocycles. The average Bonchev–Trinajstić information content (AvgIpc) is 2.72. The highest BCUT2D eigenvalue weighted by atomic mass is 16.4. The molecule has 3 aromatic rings. The number of hydrogen-bond donors (Lipinski definition) is 3. The van der Waals surface area contributed by atoms with Gasteiger partial charge in [0.15, 0.2) is 0 Å². The van der Waals surface area contributed by atoms with Gasteiger partial charge in [0.1, 0.15) is 5.75 Å². The Morgan fingerprint density at radius 2 is 1.64 bits per heavy atom. The summed E-state index contributed by atoms with van der Waals surface area (Å²) < 4.78 is 0. The molecular weight excluding hydrogens is 362 g/mol. The number of benzene rings is 3. The molecule has 8 heteroatoms. The number of hydrogen-bond acceptors (Lipinski definition) is 5. The van der Waals surface area contributed by atoms with Crippen LogP contribution in [0.1, 0.15) is 15.9 Å². The molecule has 3 aromatic carbocycles. The number of phenolic OH excluding ortho intramolecular Hbond substituents is 1. The van der Waals surface area contributed by atoms with Gasteiger partial charge in [-0.05, 0) is 40.6 Å². The first-order valence-electron chi connectivity index (χ1n) is 8.25. The molecule has 0 saturated heterocycles. The van der Waals surface area contributed by atoms with Crippen LogP contribution >= 0.6 is 0 Å². The van der Waals surface area contributed by atoms with Crippen LogP contribution in [0.2, 0.25) is 0 Å². The third-order valence-corrected chi connectivity index (χ3v) is 3.77. The Balaban J connectivity index is 0.000000200. The van der Waals surface area contributed by atoms with Crippen LogP contribution in [0.15, 0.2) is 72.0 Å². The van der Waals surface area contributed by atoms with Crippen molar-refractivity contribution >= 4 is 22.8 Å². The van der Waals surface area contributed by atoms with Gasteiger partial charge in [-0.1, -0.05) is 42.5 Å². The zero-order chi connectivity index (χ0) is 20.5. The zero-order valence-corrected chi connectivity index (χ0v) is 15.1. The Hall–Kier alpha value is -3.94. The van der Waals surface area contributed by atoms with Gasteiger partial charge in [0, 0.05) is 13.6 Å². The number of nitroso groups, excluding NO2 is 1. The molecule has 0 aliphatic rings. The lowest BCUT2D eigenvalue weighted by Crippen LogP contribution is -2.33. The van der Waals surface area contributed by atoms with Gasteiger partial charge in [-0.3, -0.25) is 0 Å². The van der Waals surface area contributed by atoms with Crippen molar-refractivity contribution in [3.63, 3.8) is 0 Å². The maximum Gasteiger partial charge on any atom is 0.340 e. The number of rotatable bonds is 4. The molecule has 0 fully saturated rings. The fourth-order valence-electron chi connectivity index (χ4n) is 2.29. The van der Waals surface area contributed by atoms with Crippen LogP contribution in [-0.2, 0) is 6.54 Å². The first-order chi connectivity index (χ1) is 13.4. The fraction of sp³-hybridized carbons (Fsp3) is 0.100. The number of aromatic carboxylic acids is 1. The highest BCUT2D eigenvalue weighted by Gasteiger charge is 2.06. The number of nitrogens with one attached hydrogen (secondary N) is 1. The van der Waals surface area contributed by atoms with Crippen molar-refractivity contribution in [3.8, 4) is 5.75 Å². The first kappa shape index (κ1) is 20.4. The third-order valence-electron chi connectivity index (χ3n) is 3.77. The molecule has 0 aromatic heterocycles. The summed E-state index contributed by atoms with van der Waals surface area (Å²) in [5, 5.41) is 25.3. The standard InChI is InChI=1S/C11H8O3.C9H11N3O2/c12-10-4-3-7-5-9(11(13)14)2-1-8(7)6-10;1-12(11-14)9(13)10-7-8-5-3-2-4-6-8/h1-6,12H,(H,13,14);2-6H,7H2,1H3,(H,10,13). The Kier molecular flexibility index (Phi) is 7.04. The second-order valence-corrected chi connectivity index (χ2v) is 5.80. The molecule has 3 N–H and O–H groups in total. The van der Waals surface area contributed by atoms with Gasteiger partial charge < -0.3 is 15.5 Å². The Labute approximate surface area is 161 Å². The number of amides is 2. The van der Waals surface area contributed by atoms with E-state index in [1.807, 2.05) is 30.3 Å². The molecule has 0 heterocycles. The van der Waals surface area contributed by atoms with E-state index >= 15 is 0 Å². The van der Waals surface area contributed by atoms with E-state index in [4.69, 9.17) is 5.11 Å². The molecule has 0 bridgehead atoms. The van der Waals surface area contributed by atoms with Crippen LogP contribution in [0, 0.1) is 4.91 Å². The van der Waals surface area contributed by atoms with Crippen LogP contribution in [-0.4, -0.2) is 34.3 Å². The number of phenols is 1. The summed E-state index contributed by atoms with van der Waals surface area (Å²) in [4.78, 5) is 31.7. The normalized spacial score (nSPS) is 9.75. The van der Waals surface area contributed by atoms with Crippen molar-refractivity contribution in [2.75, 3.05) is 7.05 Å². The highest BCUT2D eigenvalue weighted by Crippen LogP contribution is 2.20. The number of aromatic hydroxyl groups is 1. The van der Waals surface area contributed by atoms with E-state index < -0.39 is 12.0 Å². The van der Waals surface area contributed by atoms with Gasteiger partial charge in [-0.15, -0.1) is 4.91 Å². The fourth-order valence-corrected chi connectivity index (χ4v) is 2.29. The first-order valence-corrected chi connectivity index (χ1v) is 8.25. The average molecular weight is 381 g/mol. The number of carboxylic acids is 1. The lowest BCUT2D eigenvalue weighted by Gasteiger charge is -2.08. The molecule has 3 rings (SSSR count). The lowest BCUT2D eigenvalue weighted by molar-refractivity contribution is 0.0697. The molecule has 0 unspecified atom stereocenters. The maximum atomic E-state index is 11.1. The number of nitrogens with zero attached hydrogens (tertiary/aromatic N) is 2. The van der Waals surface area contributed by atoms with E-state index in [1.54, 1.807) is 24.3 Å². The number of carbonyl (C=O) groups excluding carboxylic acids is 1. The molecule has 0 saturated carbocycles. The predicted molar refractivity (Wildman–Crippen MR) is 105 cm³/mol.